The zero-order valence-electron chi connectivity index (χ0n) is 37.4. The second-order valence-corrected chi connectivity index (χ2v) is 18.4. The lowest BCUT2D eigenvalue weighted by molar-refractivity contribution is -0.137. The molecule has 4 amide bonds. The van der Waals surface area contributed by atoms with E-state index in [2.05, 4.69) is 10.6 Å². The van der Waals surface area contributed by atoms with Crippen LogP contribution < -0.4 is 26.3 Å². The summed E-state index contributed by atoms with van der Waals surface area (Å²) in [4.78, 5) is 63.3. The van der Waals surface area contributed by atoms with E-state index in [1.54, 1.807) is 18.2 Å². The molecule has 3 aromatic carbocycles. The fourth-order valence-corrected chi connectivity index (χ4v) is 8.01. The van der Waals surface area contributed by atoms with Crippen molar-refractivity contribution < 1.29 is 61.5 Å². The first-order chi connectivity index (χ1) is 30.2. The molecule has 0 aliphatic carbocycles. The highest BCUT2D eigenvalue weighted by Crippen LogP contribution is 2.56. The van der Waals surface area contributed by atoms with Crippen molar-refractivity contribution in [2.24, 2.45) is 0 Å². The number of amides is 4. The predicted octanol–water partition coefficient (Wildman–Crippen LogP) is 3.65. The SMILES string of the molecule is CC1(C)OB(c2ccc3c(c2)Oc2cc(B4OC(C)(C)C(C)(C)O4)ccc2C32OC(=O)c3ccc(NC(=O)CCOCCOCCNC(=O)CCN4C(=O)C=CC4=O)cc32)OC1(C)C. The first kappa shape index (κ1) is 45.2. The molecule has 5 heterocycles. The van der Waals surface area contributed by atoms with Crippen molar-refractivity contribution in [2.75, 3.05) is 44.8 Å². The Morgan fingerprint density at radius 2 is 1.16 bits per heavy atom. The average Bonchev–Trinajstić information content (AvgIpc) is 3.86. The number of esters is 1. The van der Waals surface area contributed by atoms with E-state index in [1.807, 2.05) is 91.8 Å². The van der Waals surface area contributed by atoms with Crippen LogP contribution in [0.1, 0.15) is 95.3 Å². The van der Waals surface area contributed by atoms with Crippen molar-refractivity contribution >= 4 is 60.4 Å². The molecule has 2 fully saturated rings. The number of ether oxygens (including phenoxy) is 4. The number of rotatable bonds is 15. The van der Waals surface area contributed by atoms with Crippen molar-refractivity contribution in [1.29, 1.82) is 0 Å². The molecule has 0 atom stereocenters. The van der Waals surface area contributed by atoms with Gasteiger partial charge in [-0.15, -0.1) is 0 Å². The topological polar surface area (TPSA) is 186 Å². The summed E-state index contributed by atoms with van der Waals surface area (Å²) < 4.78 is 49.9. The maximum atomic E-state index is 13.8. The average molecular weight is 878 g/mol. The van der Waals surface area contributed by atoms with Crippen LogP contribution in [0.3, 0.4) is 0 Å². The van der Waals surface area contributed by atoms with Gasteiger partial charge in [-0.05, 0) is 96.6 Å². The Morgan fingerprint density at radius 1 is 0.625 bits per heavy atom. The molecule has 18 heteroatoms. The van der Waals surface area contributed by atoms with Crippen molar-refractivity contribution in [1.82, 2.24) is 10.2 Å². The summed E-state index contributed by atoms with van der Waals surface area (Å²) in [5.41, 5.74) is 0.204. The normalized spacial score (nSPS) is 20.2. The standard InChI is InChI=1S/C46H53B2N3O13/c1-42(2)43(3,4)62-47(61-42)28-9-13-32-35(25-28)59-36-26-29(48-63-44(5,6)45(7,8)64-48)10-14-33(36)46(32)34-27-30(11-12-31(34)41(56)60-46)50-38(53)18-21-57-23-24-58-22-19-49-37(52)17-20-51-39(54)15-16-40(51)55/h9-16,25-27H,17-24H2,1-8H3,(H,49,52)(H,50,53). The molecule has 0 unspecified atom stereocenters. The molecular weight excluding hydrogens is 824 g/mol. The van der Waals surface area contributed by atoms with Crippen LogP contribution in [0, 0.1) is 0 Å². The fourth-order valence-electron chi connectivity index (χ4n) is 8.01. The lowest BCUT2D eigenvalue weighted by Gasteiger charge is -2.37. The summed E-state index contributed by atoms with van der Waals surface area (Å²) in [5, 5.41) is 5.62. The Kier molecular flexibility index (Phi) is 11.9. The van der Waals surface area contributed by atoms with E-state index >= 15 is 0 Å². The summed E-state index contributed by atoms with van der Waals surface area (Å²) >= 11 is 0. The Hall–Kier alpha value is -5.36. The minimum atomic E-state index is -1.45. The third-order valence-electron chi connectivity index (χ3n) is 13.1. The van der Waals surface area contributed by atoms with E-state index in [0.717, 1.165) is 15.8 Å². The third kappa shape index (κ3) is 8.38. The van der Waals surface area contributed by atoms with E-state index in [1.165, 1.54) is 12.2 Å². The van der Waals surface area contributed by atoms with Crippen LogP contribution in [0.2, 0.25) is 0 Å². The number of imide groups is 1. The highest BCUT2D eigenvalue weighted by molar-refractivity contribution is 6.62. The van der Waals surface area contributed by atoms with Crippen LogP contribution in [0.15, 0.2) is 66.7 Å². The smallest absolute Gasteiger partial charge is 0.456 e. The summed E-state index contributed by atoms with van der Waals surface area (Å²) in [7, 11) is -1.36. The number of anilines is 1. The monoisotopic (exact) mass is 877 g/mol. The van der Waals surface area contributed by atoms with Gasteiger partial charge in [0, 0.05) is 54.0 Å². The Labute approximate surface area is 372 Å². The van der Waals surface area contributed by atoms with Gasteiger partial charge < -0.3 is 48.2 Å². The van der Waals surface area contributed by atoms with Crippen LogP contribution in [-0.4, -0.2) is 111 Å². The largest absolute Gasteiger partial charge is 0.494 e. The van der Waals surface area contributed by atoms with Gasteiger partial charge in [0.2, 0.25) is 11.8 Å². The molecule has 0 saturated carbocycles. The van der Waals surface area contributed by atoms with E-state index in [-0.39, 0.29) is 64.2 Å². The highest BCUT2D eigenvalue weighted by atomic mass is 16.7. The number of fused-ring (bicyclic) bond motifs is 6. The van der Waals surface area contributed by atoms with E-state index in [4.69, 9.17) is 37.6 Å². The predicted molar refractivity (Wildman–Crippen MR) is 235 cm³/mol. The van der Waals surface area contributed by atoms with Gasteiger partial charge in [-0.2, -0.15) is 0 Å². The summed E-state index contributed by atoms with van der Waals surface area (Å²) in [6, 6.07) is 16.3. The molecule has 8 rings (SSSR count). The molecule has 2 N–H and O–H groups in total. The molecule has 64 heavy (non-hydrogen) atoms. The molecular formula is C46H53B2N3O13. The van der Waals surface area contributed by atoms with Crippen LogP contribution in [-0.2, 0) is 57.6 Å². The first-order valence-corrected chi connectivity index (χ1v) is 21.5. The molecule has 336 valence electrons. The van der Waals surface area contributed by atoms with Crippen LogP contribution in [0.4, 0.5) is 5.69 Å². The van der Waals surface area contributed by atoms with E-state index in [9.17, 15) is 24.0 Å². The third-order valence-corrected chi connectivity index (χ3v) is 13.1. The quantitative estimate of drug-likeness (QED) is 0.0977. The highest BCUT2D eigenvalue weighted by Gasteiger charge is 2.57. The van der Waals surface area contributed by atoms with Gasteiger partial charge in [0.1, 0.15) is 11.5 Å². The number of hydrogen-bond acceptors (Lipinski definition) is 13. The van der Waals surface area contributed by atoms with Crippen LogP contribution >= 0.6 is 0 Å². The van der Waals surface area contributed by atoms with Crippen molar-refractivity contribution in [3.63, 3.8) is 0 Å². The lowest BCUT2D eigenvalue weighted by Crippen LogP contribution is -2.41. The van der Waals surface area contributed by atoms with Crippen molar-refractivity contribution in [2.45, 2.75) is 96.2 Å². The summed E-state index contributed by atoms with van der Waals surface area (Å²) in [5.74, 6) is -1.12. The molecule has 0 radical (unpaired) electrons. The molecule has 16 nitrogen and oxygen atoms in total. The zero-order valence-corrected chi connectivity index (χ0v) is 37.4. The minimum Gasteiger partial charge on any atom is -0.456 e. The number of hydrogen-bond donors (Lipinski definition) is 2. The number of benzene rings is 3. The molecule has 1 spiro atoms. The maximum Gasteiger partial charge on any atom is 0.494 e. The van der Waals surface area contributed by atoms with Gasteiger partial charge in [0.25, 0.3) is 11.8 Å². The second-order valence-electron chi connectivity index (χ2n) is 18.4. The fraction of sp³-hybridized carbons (Fsp3) is 0.457. The number of nitrogens with zero attached hydrogens (tertiary/aromatic N) is 1. The van der Waals surface area contributed by atoms with Gasteiger partial charge in [0.15, 0.2) is 5.60 Å². The number of carbonyl (C=O) groups excluding carboxylic acids is 5. The Bertz CT molecular complexity index is 2300. The van der Waals surface area contributed by atoms with Gasteiger partial charge in [0.05, 0.1) is 60.8 Å². The van der Waals surface area contributed by atoms with Gasteiger partial charge in [-0.3, -0.25) is 24.1 Å². The van der Waals surface area contributed by atoms with Gasteiger partial charge in [-0.25, -0.2) is 4.79 Å². The molecule has 0 aromatic heterocycles. The van der Waals surface area contributed by atoms with Crippen LogP contribution in [0.5, 0.6) is 11.5 Å². The molecule has 2 saturated heterocycles. The van der Waals surface area contributed by atoms with Crippen LogP contribution in [0.25, 0.3) is 0 Å². The summed E-state index contributed by atoms with van der Waals surface area (Å²) in [6.07, 6.45) is 2.40. The Morgan fingerprint density at radius 3 is 1.70 bits per heavy atom. The first-order valence-electron chi connectivity index (χ1n) is 21.5. The van der Waals surface area contributed by atoms with E-state index < -0.39 is 60.0 Å². The second kappa shape index (κ2) is 16.9. The Balaban J connectivity index is 0.939. The molecule has 3 aromatic rings. The molecule has 5 aliphatic rings. The lowest BCUT2D eigenvalue weighted by atomic mass is 9.72. The van der Waals surface area contributed by atoms with Crippen molar-refractivity contribution in [3.05, 3.63) is 89.0 Å². The van der Waals surface area contributed by atoms with E-state index in [0.29, 0.717) is 39.4 Å². The minimum absolute atomic E-state index is 0.00425. The zero-order chi connectivity index (χ0) is 45.8. The molecule has 5 aliphatic heterocycles. The molecule has 0 bridgehead atoms. The number of nitrogens with one attached hydrogen (secondary N) is 2. The van der Waals surface area contributed by atoms with Gasteiger partial charge >= 0.3 is 20.2 Å². The summed E-state index contributed by atoms with van der Waals surface area (Å²) in [6.45, 7) is 17.0. The van der Waals surface area contributed by atoms with Crippen molar-refractivity contribution in [3.8, 4) is 11.5 Å². The maximum absolute atomic E-state index is 13.8. The number of carbonyl (C=O) groups is 5. The van der Waals surface area contributed by atoms with Gasteiger partial charge in [-0.1, -0.05) is 24.3 Å².